The fourth-order valence-electron chi connectivity index (χ4n) is 1.48. The summed E-state index contributed by atoms with van der Waals surface area (Å²) in [6, 6.07) is 1.37. The molecule has 3 N–H and O–H groups in total. The van der Waals surface area contributed by atoms with Gasteiger partial charge in [0.05, 0.1) is 22.3 Å². The van der Waals surface area contributed by atoms with Crippen molar-refractivity contribution in [1.82, 2.24) is 0 Å². The van der Waals surface area contributed by atoms with E-state index in [1.165, 1.54) is 0 Å². The number of benzene rings is 1. The van der Waals surface area contributed by atoms with E-state index in [1.54, 1.807) is 0 Å². The van der Waals surface area contributed by atoms with E-state index in [0.717, 1.165) is 18.2 Å². The lowest BCUT2D eigenvalue weighted by Gasteiger charge is -2.09. The fourth-order valence-corrected chi connectivity index (χ4v) is 1.48. The fraction of sp³-hybridized carbons (Fsp3) is 0.273. The third kappa shape index (κ3) is 4.79. The molecule has 1 aromatic carbocycles. The van der Waals surface area contributed by atoms with E-state index in [4.69, 9.17) is 10.8 Å². The Balaban J connectivity index is 2.85. The molecule has 118 valence electrons. The zero-order chi connectivity index (χ0) is 16.9. The Labute approximate surface area is 122 Å². The summed E-state index contributed by atoms with van der Waals surface area (Å²) in [6.45, 7) is -0.505. The number of nitrogens with two attached hydrogens (primary N) is 1. The molecule has 0 heterocycles. The molecule has 1 atom stereocenters. The molecule has 0 saturated heterocycles. The highest BCUT2D eigenvalue weighted by Crippen LogP contribution is 2.23. The van der Waals surface area contributed by atoms with Crippen LogP contribution in [0.3, 0.4) is 0 Å². The van der Waals surface area contributed by atoms with Gasteiger partial charge in [0.15, 0.2) is 0 Å². The summed E-state index contributed by atoms with van der Waals surface area (Å²) in [4.78, 5) is 41.5. The molecule has 0 fully saturated rings. The van der Waals surface area contributed by atoms with Crippen molar-refractivity contribution in [3.63, 3.8) is 0 Å². The average Bonchev–Trinajstić information content (AvgIpc) is 2.43. The van der Waals surface area contributed by atoms with Crippen LogP contribution in [0.15, 0.2) is 18.2 Å². The predicted molar refractivity (Wildman–Crippen MR) is 69.8 cm³/mol. The van der Waals surface area contributed by atoms with Gasteiger partial charge < -0.3 is 15.6 Å². The second-order valence-electron chi connectivity index (χ2n) is 4.18. The first-order chi connectivity index (χ1) is 10.2. The van der Waals surface area contributed by atoms with Crippen LogP contribution < -0.4 is 5.73 Å². The van der Waals surface area contributed by atoms with Crippen LogP contribution in [0.1, 0.15) is 12.0 Å². The molecule has 0 aliphatic carbocycles. The first-order valence-electron chi connectivity index (χ1n) is 5.77. The van der Waals surface area contributed by atoms with E-state index in [-0.39, 0.29) is 5.56 Å². The lowest BCUT2D eigenvalue weighted by atomic mass is 10.2. The van der Waals surface area contributed by atoms with Crippen LogP contribution in [0, 0.1) is 20.2 Å². The Morgan fingerprint density at radius 1 is 1.18 bits per heavy atom. The van der Waals surface area contributed by atoms with Gasteiger partial charge in [-0.2, -0.15) is 0 Å². The van der Waals surface area contributed by atoms with E-state index < -0.39 is 52.2 Å². The zero-order valence-electron chi connectivity index (χ0n) is 11.0. The Bertz CT molecular complexity index is 598. The normalized spacial score (nSPS) is 11.5. The zero-order valence-corrected chi connectivity index (χ0v) is 11.0. The van der Waals surface area contributed by atoms with E-state index in [2.05, 4.69) is 4.74 Å². The summed E-state index contributed by atoms with van der Waals surface area (Å²) in [5, 5.41) is 29.8. The third-order valence-corrected chi connectivity index (χ3v) is 2.46. The lowest BCUT2D eigenvalue weighted by molar-refractivity contribution is -0.394. The molecule has 0 aliphatic heterocycles. The lowest BCUT2D eigenvalue weighted by Crippen LogP contribution is -2.34. The Kier molecular flexibility index (Phi) is 5.46. The van der Waals surface area contributed by atoms with E-state index in [9.17, 15) is 29.8 Å². The number of nitro benzene ring substituents is 2. The predicted octanol–water partition coefficient (Wildman–Crippen LogP) is 0.348. The summed E-state index contributed by atoms with van der Waals surface area (Å²) in [7, 11) is 0. The minimum absolute atomic E-state index is 0.0109. The number of nitro groups is 2. The number of carboxylic acid groups (broad SMARTS) is 1. The number of hydrogen-bond acceptors (Lipinski definition) is 8. The quantitative estimate of drug-likeness (QED) is 0.408. The molecule has 1 rings (SSSR count). The van der Waals surface area contributed by atoms with Gasteiger partial charge in [-0.3, -0.25) is 29.8 Å². The van der Waals surface area contributed by atoms with Gasteiger partial charge in [0, 0.05) is 17.7 Å². The first-order valence-corrected chi connectivity index (χ1v) is 5.77. The summed E-state index contributed by atoms with van der Waals surface area (Å²) in [5.41, 5.74) is 4.21. The minimum atomic E-state index is -1.40. The number of carbonyl (C=O) groups is 2. The summed E-state index contributed by atoms with van der Waals surface area (Å²) in [5.74, 6) is -2.33. The molecule has 0 unspecified atom stereocenters. The number of nitrogens with zero attached hydrogens (tertiary/aromatic N) is 2. The van der Waals surface area contributed by atoms with Crippen molar-refractivity contribution in [3.05, 3.63) is 44.0 Å². The highest BCUT2D eigenvalue weighted by Gasteiger charge is 2.20. The highest BCUT2D eigenvalue weighted by molar-refractivity contribution is 5.81. The molecule has 0 aromatic heterocycles. The molecular weight excluding hydrogens is 302 g/mol. The molecular formula is C11H11N3O8. The first kappa shape index (κ1) is 17.0. The Hall–Kier alpha value is -3.08. The topological polar surface area (TPSA) is 176 Å². The molecule has 22 heavy (non-hydrogen) atoms. The van der Waals surface area contributed by atoms with Crippen LogP contribution >= 0.6 is 0 Å². The number of rotatable bonds is 7. The van der Waals surface area contributed by atoms with Gasteiger partial charge in [-0.05, 0) is 0 Å². The number of carbonyl (C=O) groups excluding carboxylic acids is 1. The van der Waals surface area contributed by atoms with Crippen molar-refractivity contribution in [2.75, 3.05) is 0 Å². The highest BCUT2D eigenvalue weighted by atomic mass is 16.6. The van der Waals surface area contributed by atoms with Crippen LogP contribution in [0.4, 0.5) is 11.4 Å². The smallest absolute Gasteiger partial charge is 0.323 e. The Morgan fingerprint density at radius 2 is 1.68 bits per heavy atom. The summed E-state index contributed by atoms with van der Waals surface area (Å²) >= 11 is 0. The third-order valence-electron chi connectivity index (χ3n) is 2.46. The maximum Gasteiger partial charge on any atom is 0.323 e. The van der Waals surface area contributed by atoms with Gasteiger partial charge >= 0.3 is 11.9 Å². The molecule has 1 aromatic rings. The second kappa shape index (κ2) is 7.08. The minimum Gasteiger partial charge on any atom is -0.481 e. The van der Waals surface area contributed by atoms with E-state index in [0.29, 0.717) is 0 Å². The number of non-ortho nitro benzene ring substituents is 2. The molecule has 0 aliphatic rings. The second-order valence-corrected chi connectivity index (χ2v) is 4.18. The molecule has 0 amide bonds. The van der Waals surface area contributed by atoms with Crippen molar-refractivity contribution >= 4 is 23.3 Å². The standard InChI is InChI=1S/C11H11N3O8/c12-9(4-10(15)16)11(17)22-5-6-1-7(13(18)19)3-8(2-6)14(20)21/h1-3,9H,4-5,12H2,(H,15,16)/t9-/m1/s1. The van der Waals surface area contributed by atoms with Crippen LogP contribution in [-0.2, 0) is 20.9 Å². The number of carboxylic acids is 1. The van der Waals surface area contributed by atoms with Crippen LogP contribution in [0.2, 0.25) is 0 Å². The summed E-state index contributed by atoms with van der Waals surface area (Å²) in [6.07, 6.45) is -0.645. The molecule has 11 nitrogen and oxygen atoms in total. The number of aliphatic carboxylic acids is 1. The number of esters is 1. The van der Waals surface area contributed by atoms with E-state index >= 15 is 0 Å². The van der Waals surface area contributed by atoms with Gasteiger partial charge in [0.25, 0.3) is 11.4 Å². The molecule has 0 bridgehead atoms. The Morgan fingerprint density at radius 3 is 2.09 bits per heavy atom. The van der Waals surface area contributed by atoms with Crippen molar-refractivity contribution in [2.45, 2.75) is 19.1 Å². The molecule has 0 saturated carbocycles. The molecule has 0 spiro atoms. The van der Waals surface area contributed by atoms with Gasteiger partial charge in [-0.15, -0.1) is 0 Å². The van der Waals surface area contributed by atoms with E-state index in [1.807, 2.05) is 0 Å². The maximum atomic E-state index is 11.4. The van der Waals surface area contributed by atoms with Crippen molar-refractivity contribution < 1.29 is 29.3 Å². The van der Waals surface area contributed by atoms with Crippen LogP contribution in [0.5, 0.6) is 0 Å². The maximum absolute atomic E-state index is 11.4. The van der Waals surface area contributed by atoms with Gasteiger partial charge in [0.1, 0.15) is 12.6 Å². The van der Waals surface area contributed by atoms with Gasteiger partial charge in [-0.1, -0.05) is 0 Å². The summed E-state index contributed by atoms with van der Waals surface area (Å²) < 4.78 is 4.69. The molecule has 11 heteroatoms. The number of hydrogen-bond donors (Lipinski definition) is 2. The van der Waals surface area contributed by atoms with Gasteiger partial charge in [-0.25, -0.2) is 0 Å². The average molecular weight is 313 g/mol. The van der Waals surface area contributed by atoms with Gasteiger partial charge in [0.2, 0.25) is 0 Å². The van der Waals surface area contributed by atoms with Crippen molar-refractivity contribution in [2.24, 2.45) is 5.73 Å². The van der Waals surface area contributed by atoms with Crippen LogP contribution in [0.25, 0.3) is 0 Å². The largest absolute Gasteiger partial charge is 0.481 e. The van der Waals surface area contributed by atoms with Crippen LogP contribution in [-0.4, -0.2) is 32.9 Å². The van der Waals surface area contributed by atoms with Crippen molar-refractivity contribution in [3.8, 4) is 0 Å². The SMILES string of the molecule is N[C@H](CC(=O)O)C(=O)OCc1cc([N+](=O)[O-])cc([N+](=O)[O-])c1. The monoisotopic (exact) mass is 313 g/mol. The van der Waals surface area contributed by atoms with Crippen molar-refractivity contribution in [1.29, 1.82) is 0 Å². The molecule has 0 radical (unpaired) electrons. The number of ether oxygens (including phenoxy) is 1.